The van der Waals surface area contributed by atoms with Crippen molar-refractivity contribution in [2.24, 2.45) is 0 Å². The zero-order chi connectivity index (χ0) is 19.1. The van der Waals surface area contributed by atoms with Crippen LogP contribution < -0.4 is 10.1 Å². The van der Waals surface area contributed by atoms with E-state index >= 15 is 0 Å². The van der Waals surface area contributed by atoms with Crippen LogP contribution in [0.5, 0.6) is 5.75 Å². The van der Waals surface area contributed by atoms with Crippen LogP contribution in [-0.2, 0) is 12.0 Å². The highest BCUT2D eigenvalue weighted by Gasteiger charge is 2.40. The summed E-state index contributed by atoms with van der Waals surface area (Å²) in [5, 5.41) is 4.95. The summed E-state index contributed by atoms with van der Waals surface area (Å²) in [6, 6.07) is 25.4. The number of fused-ring (bicyclic) bond motifs is 2. The van der Waals surface area contributed by atoms with E-state index in [1.807, 2.05) is 24.3 Å². The Morgan fingerprint density at radius 2 is 1.68 bits per heavy atom. The summed E-state index contributed by atoms with van der Waals surface area (Å²) in [7, 11) is 0. The second-order valence-electron chi connectivity index (χ2n) is 8.04. The number of hydrogen-bond acceptors (Lipinski definition) is 2. The molecule has 4 aromatic rings. The molecule has 0 bridgehead atoms. The minimum Gasteiger partial charge on any atom is -0.487 e. The number of aromatic nitrogens is 1. The third-order valence-corrected chi connectivity index (χ3v) is 5.90. The van der Waals surface area contributed by atoms with Gasteiger partial charge in [-0.15, -0.1) is 0 Å². The average Bonchev–Trinajstić information content (AvgIpc) is 3.26. The molecule has 1 unspecified atom stereocenters. The van der Waals surface area contributed by atoms with E-state index in [0.717, 1.165) is 11.3 Å². The van der Waals surface area contributed by atoms with Crippen molar-refractivity contribution in [2.75, 3.05) is 5.32 Å². The van der Waals surface area contributed by atoms with Crippen LogP contribution in [0.3, 0.4) is 0 Å². The first kappa shape index (κ1) is 16.9. The van der Waals surface area contributed by atoms with Crippen LogP contribution in [0.25, 0.3) is 10.9 Å². The van der Waals surface area contributed by atoms with Crippen LogP contribution >= 0.6 is 0 Å². The van der Waals surface area contributed by atoms with Crippen LogP contribution in [0.1, 0.15) is 36.6 Å². The highest BCUT2D eigenvalue weighted by atomic mass is 16.5. The molecule has 1 aliphatic heterocycles. The largest absolute Gasteiger partial charge is 0.487 e. The molecule has 1 atom stereocenters. The number of benzene rings is 3. The predicted octanol–water partition coefficient (Wildman–Crippen LogP) is 6.19. The minimum absolute atomic E-state index is 0.00656. The van der Waals surface area contributed by atoms with E-state index in [0.29, 0.717) is 6.61 Å². The van der Waals surface area contributed by atoms with E-state index in [9.17, 15) is 0 Å². The lowest BCUT2D eigenvalue weighted by Crippen LogP contribution is -2.25. The Kier molecular flexibility index (Phi) is 3.90. The zero-order valence-corrected chi connectivity index (χ0v) is 16.2. The topological polar surface area (TPSA) is 37.0 Å². The van der Waals surface area contributed by atoms with Crippen molar-refractivity contribution in [1.82, 2.24) is 4.98 Å². The Labute approximate surface area is 165 Å². The van der Waals surface area contributed by atoms with Crippen molar-refractivity contribution < 1.29 is 4.74 Å². The monoisotopic (exact) mass is 368 g/mol. The number of anilines is 1. The predicted molar refractivity (Wildman–Crippen MR) is 115 cm³/mol. The number of para-hydroxylation sites is 2. The molecule has 0 aliphatic carbocycles. The van der Waals surface area contributed by atoms with Crippen molar-refractivity contribution in [1.29, 1.82) is 0 Å². The second kappa shape index (κ2) is 6.45. The van der Waals surface area contributed by atoms with Crippen molar-refractivity contribution in [3.05, 3.63) is 95.7 Å². The summed E-state index contributed by atoms with van der Waals surface area (Å²) in [4.78, 5) is 3.47. The molecule has 3 aromatic carbocycles. The van der Waals surface area contributed by atoms with Crippen LogP contribution in [0.4, 0.5) is 5.69 Å². The number of aromatic amines is 1. The standard InChI is InChI=1S/C25H24N2O/c1-25(2)20-12-6-7-13-21(20)27-24(25)19-15-26-23-18(19)11-8-14-22(23)28-16-17-9-4-3-5-10-17/h3-15,24,26-27H,16H2,1-2H3. The van der Waals surface area contributed by atoms with Gasteiger partial charge >= 0.3 is 0 Å². The maximum atomic E-state index is 6.14. The molecule has 0 saturated carbocycles. The molecular weight excluding hydrogens is 344 g/mol. The Balaban J connectivity index is 1.49. The van der Waals surface area contributed by atoms with Crippen LogP contribution in [0, 0.1) is 0 Å². The van der Waals surface area contributed by atoms with Gasteiger partial charge < -0.3 is 15.0 Å². The first-order chi connectivity index (χ1) is 13.6. The van der Waals surface area contributed by atoms with E-state index in [1.54, 1.807) is 0 Å². The molecule has 5 rings (SSSR count). The molecule has 28 heavy (non-hydrogen) atoms. The fraction of sp³-hybridized carbons (Fsp3) is 0.200. The van der Waals surface area contributed by atoms with Gasteiger partial charge in [-0.2, -0.15) is 0 Å². The van der Waals surface area contributed by atoms with Gasteiger partial charge in [0.25, 0.3) is 0 Å². The lowest BCUT2D eigenvalue weighted by molar-refractivity contribution is 0.309. The maximum absolute atomic E-state index is 6.14. The van der Waals surface area contributed by atoms with Crippen molar-refractivity contribution in [3.63, 3.8) is 0 Å². The van der Waals surface area contributed by atoms with Gasteiger partial charge in [-0.25, -0.2) is 0 Å². The first-order valence-corrected chi connectivity index (χ1v) is 9.77. The van der Waals surface area contributed by atoms with E-state index < -0.39 is 0 Å². The molecule has 0 spiro atoms. The minimum atomic E-state index is 0.00656. The average molecular weight is 368 g/mol. The molecule has 3 heteroatoms. The van der Waals surface area contributed by atoms with Crippen molar-refractivity contribution in [2.45, 2.75) is 31.9 Å². The lowest BCUT2D eigenvalue weighted by atomic mass is 9.78. The summed E-state index contributed by atoms with van der Waals surface area (Å²) in [5.74, 6) is 0.890. The van der Waals surface area contributed by atoms with Gasteiger partial charge in [0.15, 0.2) is 0 Å². The molecule has 1 aromatic heterocycles. The van der Waals surface area contributed by atoms with Crippen LogP contribution in [0.2, 0.25) is 0 Å². The fourth-order valence-electron chi connectivity index (χ4n) is 4.37. The van der Waals surface area contributed by atoms with Gasteiger partial charge in [0.1, 0.15) is 12.4 Å². The molecule has 3 nitrogen and oxygen atoms in total. The Morgan fingerprint density at radius 1 is 0.893 bits per heavy atom. The third kappa shape index (κ3) is 2.66. The molecule has 1 aliphatic rings. The molecule has 2 heterocycles. The molecule has 0 amide bonds. The number of ether oxygens (including phenoxy) is 1. The fourth-order valence-corrected chi connectivity index (χ4v) is 4.37. The van der Waals surface area contributed by atoms with E-state index in [2.05, 4.69) is 78.9 Å². The Hall–Kier alpha value is -3.20. The maximum Gasteiger partial charge on any atom is 0.143 e. The van der Waals surface area contributed by atoms with Crippen LogP contribution in [0.15, 0.2) is 79.0 Å². The first-order valence-electron chi connectivity index (χ1n) is 9.77. The van der Waals surface area contributed by atoms with Gasteiger partial charge in [-0.1, -0.05) is 74.5 Å². The van der Waals surface area contributed by atoms with Crippen molar-refractivity contribution in [3.8, 4) is 5.75 Å². The molecular formula is C25H24N2O. The Bertz CT molecular complexity index is 1130. The van der Waals surface area contributed by atoms with E-state index in [4.69, 9.17) is 4.74 Å². The molecule has 0 saturated heterocycles. The van der Waals surface area contributed by atoms with Crippen molar-refractivity contribution >= 4 is 16.6 Å². The molecule has 2 N–H and O–H groups in total. The highest BCUT2D eigenvalue weighted by Crippen LogP contribution is 2.49. The van der Waals surface area contributed by atoms with E-state index in [1.165, 1.54) is 27.8 Å². The van der Waals surface area contributed by atoms with Crippen LogP contribution in [-0.4, -0.2) is 4.98 Å². The number of hydrogen-bond donors (Lipinski definition) is 2. The SMILES string of the molecule is CC1(C)c2ccccc2NC1c1c[nH]c2c(OCc3ccccc3)cccc12. The second-order valence-corrected chi connectivity index (χ2v) is 8.04. The number of H-pyrrole nitrogens is 1. The summed E-state index contributed by atoms with van der Waals surface area (Å²) in [6.07, 6.45) is 2.13. The van der Waals surface area contributed by atoms with Gasteiger partial charge in [0, 0.05) is 28.2 Å². The van der Waals surface area contributed by atoms with Gasteiger partial charge in [0.2, 0.25) is 0 Å². The number of nitrogens with one attached hydrogen (secondary N) is 2. The van der Waals surface area contributed by atoms with Gasteiger partial charge in [-0.3, -0.25) is 0 Å². The molecule has 140 valence electrons. The highest BCUT2D eigenvalue weighted by molar-refractivity contribution is 5.89. The van der Waals surface area contributed by atoms with Gasteiger partial charge in [0.05, 0.1) is 11.6 Å². The molecule has 0 radical (unpaired) electrons. The smallest absolute Gasteiger partial charge is 0.143 e. The molecule has 0 fully saturated rings. The summed E-state index contributed by atoms with van der Waals surface area (Å²) >= 11 is 0. The summed E-state index contributed by atoms with van der Waals surface area (Å²) in [5.41, 5.74) is 6.10. The Morgan fingerprint density at radius 3 is 2.50 bits per heavy atom. The third-order valence-electron chi connectivity index (χ3n) is 5.90. The summed E-state index contributed by atoms with van der Waals surface area (Å²) in [6.45, 7) is 5.18. The normalized spacial score (nSPS) is 17.3. The zero-order valence-electron chi connectivity index (χ0n) is 16.2. The van der Waals surface area contributed by atoms with Gasteiger partial charge in [-0.05, 0) is 23.3 Å². The van der Waals surface area contributed by atoms with E-state index in [-0.39, 0.29) is 11.5 Å². The quantitative estimate of drug-likeness (QED) is 0.450. The lowest BCUT2D eigenvalue weighted by Gasteiger charge is -2.27. The summed E-state index contributed by atoms with van der Waals surface area (Å²) < 4.78 is 6.14. The number of rotatable bonds is 4.